The third-order valence-electron chi connectivity index (χ3n) is 6.71. The fraction of sp³-hybridized carbons (Fsp3) is 0.727. The molecule has 0 bridgehead atoms. The molecule has 7 heteroatoms. The van der Waals surface area contributed by atoms with Crippen LogP contribution in [0.25, 0.3) is 0 Å². The molecular formula is C22H33N5O2. The average molecular weight is 400 g/mol. The summed E-state index contributed by atoms with van der Waals surface area (Å²) in [5.41, 5.74) is 1.24. The first kappa shape index (κ1) is 20.3. The van der Waals surface area contributed by atoms with Gasteiger partial charge in [-0.2, -0.15) is 0 Å². The Kier molecular flexibility index (Phi) is 6.43. The van der Waals surface area contributed by atoms with E-state index < -0.39 is 0 Å². The number of aromatic nitrogens is 2. The van der Waals surface area contributed by atoms with Crippen LogP contribution in [0, 0.1) is 12.8 Å². The number of likely N-dealkylation sites (tertiary alicyclic amines) is 2. The molecule has 2 saturated heterocycles. The van der Waals surface area contributed by atoms with Gasteiger partial charge < -0.3 is 10.2 Å². The van der Waals surface area contributed by atoms with Gasteiger partial charge in [0, 0.05) is 50.9 Å². The molecule has 29 heavy (non-hydrogen) atoms. The van der Waals surface area contributed by atoms with Gasteiger partial charge in [-0.3, -0.25) is 14.5 Å². The lowest BCUT2D eigenvalue weighted by Gasteiger charge is -2.33. The van der Waals surface area contributed by atoms with Gasteiger partial charge in [-0.15, -0.1) is 0 Å². The van der Waals surface area contributed by atoms with Crippen LogP contribution in [0.15, 0.2) is 12.5 Å². The molecule has 0 spiro atoms. The van der Waals surface area contributed by atoms with E-state index in [0.29, 0.717) is 42.2 Å². The van der Waals surface area contributed by atoms with Gasteiger partial charge in [0.15, 0.2) is 0 Å². The zero-order chi connectivity index (χ0) is 20.2. The summed E-state index contributed by atoms with van der Waals surface area (Å²) in [4.78, 5) is 38.0. The molecule has 0 radical (unpaired) electrons. The van der Waals surface area contributed by atoms with Crippen molar-refractivity contribution in [2.24, 2.45) is 5.92 Å². The van der Waals surface area contributed by atoms with Crippen molar-refractivity contribution in [3.8, 4) is 0 Å². The minimum absolute atomic E-state index is 0.109. The van der Waals surface area contributed by atoms with Crippen molar-refractivity contribution in [1.82, 2.24) is 25.1 Å². The fourth-order valence-electron chi connectivity index (χ4n) is 4.74. The molecule has 3 heterocycles. The van der Waals surface area contributed by atoms with Crippen LogP contribution in [0.2, 0.25) is 0 Å². The molecule has 1 aromatic rings. The van der Waals surface area contributed by atoms with Crippen molar-refractivity contribution >= 4 is 11.8 Å². The van der Waals surface area contributed by atoms with E-state index in [1.165, 1.54) is 25.6 Å². The first-order valence-corrected chi connectivity index (χ1v) is 11.2. The van der Waals surface area contributed by atoms with E-state index in [2.05, 4.69) is 25.1 Å². The fourth-order valence-corrected chi connectivity index (χ4v) is 4.74. The molecule has 3 fully saturated rings. The number of carbonyl (C=O) groups excluding carboxylic acids is 2. The van der Waals surface area contributed by atoms with E-state index >= 15 is 0 Å². The Morgan fingerprint density at radius 1 is 1.10 bits per heavy atom. The molecule has 1 aromatic heterocycles. The number of aryl methyl sites for hydroxylation is 1. The van der Waals surface area contributed by atoms with Crippen LogP contribution in [0.3, 0.4) is 0 Å². The topological polar surface area (TPSA) is 78.4 Å². The lowest BCUT2D eigenvalue weighted by molar-refractivity contribution is -0.133. The van der Waals surface area contributed by atoms with Crippen LogP contribution >= 0.6 is 0 Å². The van der Waals surface area contributed by atoms with Gasteiger partial charge in [0.2, 0.25) is 5.91 Å². The number of nitrogens with zero attached hydrogens (tertiary/aromatic N) is 4. The number of carbonyl (C=O) groups is 2. The summed E-state index contributed by atoms with van der Waals surface area (Å²) in [6, 6.07) is 0.623. The van der Waals surface area contributed by atoms with Crippen LogP contribution < -0.4 is 5.32 Å². The standard InChI is InChI=1S/C22H33N5O2/c1-16-20(13-23-15-25-16)22(29)24-12-19-8-7-18(27(19)14-17-5-6-17)11-21(28)26-9-3-2-4-10-26/h13,15,17-19H,2-12,14H2,1H3,(H,24,29)/t18-,19+/m1/s1. The molecule has 0 aromatic carbocycles. The van der Waals surface area contributed by atoms with E-state index in [-0.39, 0.29) is 5.91 Å². The maximum Gasteiger partial charge on any atom is 0.254 e. The van der Waals surface area contributed by atoms with Crippen molar-refractivity contribution < 1.29 is 9.59 Å². The van der Waals surface area contributed by atoms with E-state index in [0.717, 1.165) is 51.2 Å². The molecule has 1 saturated carbocycles. The number of piperidine rings is 1. The van der Waals surface area contributed by atoms with Gasteiger partial charge in [0.1, 0.15) is 6.33 Å². The second-order valence-electron chi connectivity index (χ2n) is 8.90. The monoisotopic (exact) mass is 399 g/mol. The number of hydrogen-bond donors (Lipinski definition) is 1. The summed E-state index contributed by atoms with van der Waals surface area (Å²) in [6.07, 6.45) is 11.9. The van der Waals surface area contributed by atoms with Crippen molar-refractivity contribution in [3.05, 3.63) is 23.8 Å². The lowest BCUT2D eigenvalue weighted by Crippen LogP contribution is -2.46. The summed E-state index contributed by atoms with van der Waals surface area (Å²) in [6.45, 7) is 5.35. The summed E-state index contributed by atoms with van der Waals surface area (Å²) >= 11 is 0. The molecule has 2 atom stereocenters. The first-order chi connectivity index (χ1) is 14.1. The number of nitrogens with one attached hydrogen (secondary N) is 1. The average Bonchev–Trinajstić information content (AvgIpc) is 3.49. The van der Waals surface area contributed by atoms with Gasteiger partial charge in [-0.1, -0.05) is 0 Å². The maximum absolute atomic E-state index is 12.8. The Bertz CT molecular complexity index is 730. The predicted octanol–water partition coefficient (Wildman–Crippen LogP) is 2.16. The highest BCUT2D eigenvalue weighted by Crippen LogP contribution is 2.35. The van der Waals surface area contributed by atoms with Gasteiger partial charge in [0.25, 0.3) is 5.91 Å². The smallest absolute Gasteiger partial charge is 0.254 e. The summed E-state index contributed by atoms with van der Waals surface area (Å²) in [5.74, 6) is 0.975. The predicted molar refractivity (Wildman–Crippen MR) is 110 cm³/mol. The van der Waals surface area contributed by atoms with Crippen LogP contribution in [-0.2, 0) is 4.79 Å². The van der Waals surface area contributed by atoms with Crippen LogP contribution in [0.4, 0.5) is 0 Å². The molecule has 2 amide bonds. The highest BCUT2D eigenvalue weighted by atomic mass is 16.2. The number of amides is 2. The summed E-state index contributed by atoms with van der Waals surface area (Å²) in [5, 5.41) is 3.09. The molecule has 158 valence electrons. The lowest BCUT2D eigenvalue weighted by atomic mass is 10.1. The maximum atomic E-state index is 12.8. The number of hydrogen-bond acceptors (Lipinski definition) is 5. The first-order valence-electron chi connectivity index (χ1n) is 11.2. The van der Waals surface area contributed by atoms with E-state index in [9.17, 15) is 9.59 Å². The normalized spacial score (nSPS) is 25.2. The van der Waals surface area contributed by atoms with Gasteiger partial charge >= 0.3 is 0 Å². The molecule has 1 N–H and O–H groups in total. The van der Waals surface area contributed by atoms with Gasteiger partial charge in [-0.25, -0.2) is 9.97 Å². The quantitative estimate of drug-likeness (QED) is 0.760. The van der Waals surface area contributed by atoms with Gasteiger partial charge in [0.05, 0.1) is 11.3 Å². The molecule has 4 rings (SSSR count). The van der Waals surface area contributed by atoms with Gasteiger partial charge in [-0.05, 0) is 57.8 Å². The van der Waals surface area contributed by atoms with Crippen LogP contribution in [0.1, 0.15) is 67.4 Å². The van der Waals surface area contributed by atoms with Crippen molar-refractivity contribution in [3.63, 3.8) is 0 Å². The highest BCUT2D eigenvalue weighted by molar-refractivity contribution is 5.94. The Morgan fingerprint density at radius 3 is 2.59 bits per heavy atom. The minimum Gasteiger partial charge on any atom is -0.350 e. The zero-order valence-corrected chi connectivity index (χ0v) is 17.5. The second-order valence-corrected chi connectivity index (χ2v) is 8.90. The molecular weight excluding hydrogens is 366 g/mol. The third kappa shape index (κ3) is 5.13. The Balaban J connectivity index is 1.34. The number of rotatable bonds is 7. The molecule has 2 aliphatic heterocycles. The van der Waals surface area contributed by atoms with E-state index in [1.54, 1.807) is 6.20 Å². The summed E-state index contributed by atoms with van der Waals surface area (Å²) < 4.78 is 0. The summed E-state index contributed by atoms with van der Waals surface area (Å²) in [7, 11) is 0. The van der Waals surface area contributed by atoms with Crippen LogP contribution in [-0.4, -0.2) is 69.8 Å². The highest BCUT2D eigenvalue weighted by Gasteiger charge is 2.38. The minimum atomic E-state index is -0.109. The molecule has 3 aliphatic rings. The Morgan fingerprint density at radius 2 is 1.86 bits per heavy atom. The van der Waals surface area contributed by atoms with E-state index in [4.69, 9.17) is 0 Å². The van der Waals surface area contributed by atoms with Crippen LogP contribution in [0.5, 0.6) is 0 Å². The zero-order valence-electron chi connectivity index (χ0n) is 17.5. The Hall–Kier alpha value is -2.02. The largest absolute Gasteiger partial charge is 0.350 e. The molecule has 7 nitrogen and oxygen atoms in total. The molecule has 1 aliphatic carbocycles. The SMILES string of the molecule is Cc1ncncc1C(=O)NC[C@@H]1CC[C@H](CC(=O)N2CCCCC2)N1CC1CC1. The van der Waals surface area contributed by atoms with E-state index in [1.807, 2.05) is 6.92 Å². The van der Waals surface area contributed by atoms with Crippen molar-refractivity contribution in [2.45, 2.75) is 70.4 Å². The molecule has 0 unspecified atom stereocenters. The third-order valence-corrected chi connectivity index (χ3v) is 6.71. The van der Waals surface area contributed by atoms with Crippen molar-refractivity contribution in [1.29, 1.82) is 0 Å². The van der Waals surface area contributed by atoms with Crippen molar-refractivity contribution in [2.75, 3.05) is 26.2 Å². The second kappa shape index (κ2) is 9.20. The Labute approximate surface area is 173 Å².